The molecule has 0 bridgehead atoms. The lowest BCUT2D eigenvalue weighted by Crippen LogP contribution is -2.12. The van der Waals surface area contributed by atoms with Crippen molar-refractivity contribution in [3.63, 3.8) is 0 Å². The minimum absolute atomic E-state index is 0.105. The van der Waals surface area contributed by atoms with Crippen LogP contribution in [0.3, 0.4) is 0 Å². The number of rotatable bonds is 4. The number of ether oxygens (including phenoxy) is 1. The van der Waals surface area contributed by atoms with Crippen molar-refractivity contribution in [1.82, 2.24) is 0 Å². The van der Waals surface area contributed by atoms with Crippen molar-refractivity contribution in [2.45, 2.75) is 18.7 Å². The molecule has 0 unspecified atom stereocenters. The number of hydrogen-bond donors (Lipinski definition) is 1. The van der Waals surface area contributed by atoms with Gasteiger partial charge in [-0.2, -0.15) is 0 Å². The van der Waals surface area contributed by atoms with Gasteiger partial charge in [0.05, 0.1) is 14.9 Å². The molecule has 7 heteroatoms. The zero-order valence-electron chi connectivity index (χ0n) is 9.91. The van der Waals surface area contributed by atoms with E-state index in [-0.39, 0.29) is 20.7 Å². The number of primary sulfonamides is 1. The van der Waals surface area contributed by atoms with E-state index in [2.05, 4.69) is 0 Å². The van der Waals surface area contributed by atoms with Gasteiger partial charge in [-0.15, -0.1) is 0 Å². The van der Waals surface area contributed by atoms with Crippen molar-refractivity contribution >= 4 is 33.2 Å². The summed E-state index contributed by atoms with van der Waals surface area (Å²) in [6.45, 7) is 4.16. The monoisotopic (exact) mass is 309 g/mol. The molecular weight excluding hydrogens is 297 g/mol. The van der Waals surface area contributed by atoms with Gasteiger partial charge in [-0.3, -0.25) is 0 Å². The Kier molecular flexibility index (Phi) is 5.04. The van der Waals surface area contributed by atoms with Crippen LogP contribution in [0.25, 0.3) is 0 Å². The van der Waals surface area contributed by atoms with E-state index >= 15 is 0 Å². The van der Waals surface area contributed by atoms with Gasteiger partial charge in [0.25, 0.3) is 0 Å². The number of nitrogens with two attached hydrogens (primary N) is 1. The molecule has 0 spiro atoms. The first-order chi connectivity index (χ1) is 8.21. The Hall–Kier alpha value is -0.750. The molecule has 0 saturated carbocycles. The smallest absolute Gasteiger partial charge is 0.238 e. The lowest BCUT2D eigenvalue weighted by Gasteiger charge is -2.09. The van der Waals surface area contributed by atoms with Gasteiger partial charge in [0, 0.05) is 0 Å². The molecule has 1 aromatic rings. The highest BCUT2D eigenvalue weighted by Crippen LogP contribution is 2.35. The highest BCUT2D eigenvalue weighted by molar-refractivity contribution is 7.89. The second-order valence-corrected chi connectivity index (χ2v) is 6.23. The summed E-state index contributed by atoms with van der Waals surface area (Å²) in [6, 6.07) is 2.42. The van der Waals surface area contributed by atoms with Gasteiger partial charge in [0.15, 0.2) is 5.75 Å². The summed E-state index contributed by atoms with van der Waals surface area (Å²) in [5.74, 6) is 0.239. The van der Waals surface area contributed by atoms with Crippen LogP contribution in [0.4, 0.5) is 0 Å². The first-order valence-electron chi connectivity index (χ1n) is 5.00. The first kappa shape index (κ1) is 15.3. The molecule has 0 fully saturated rings. The first-order valence-corrected chi connectivity index (χ1v) is 7.30. The Balaban J connectivity index is 3.06. The predicted molar refractivity (Wildman–Crippen MR) is 72.8 cm³/mol. The van der Waals surface area contributed by atoms with Crippen LogP contribution in [-0.4, -0.2) is 15.0 Å². The minimum atomic E-state index is -3.83. The van der Waals surface area contributed by atoms with Gasteiger partial charge < -0.3 is 4.74 Å². The highest BCUT2D eigenvalue weighted by atomic mass is 35.5. The molecule has 1 rings (SSSR count). The third-order valence-corrected chi connectivity index (χ3v) is 3.47. The number of hydrogen-bond acceptors (Lipinski definition) is 3. The third kappa shape index (κ3) is 4.17. The molecule has 0 amide bonds. The van der Waals surface area contributed by atoms with E-state index in [1.165, 1.54) is 12.1 Å². The Morgan fingerprint density at radius 1 is 1.33 bits per heavy atom. The third-order valence-electron chi connectivity index (χ3n) is 2.02. The topological polar surface area (TPSA) is 69.4 Å². The molecule has 0 atom stereocenters. The van der Waals surface area contributed by atoms with Crippen molar-refractivity contribution in [2.75, 3.05) is 6.61 Å². The molecule has 0 heterocycles. The lowest BCUT2D eigenvalue weighted by atomic mass is 10.3. The Bertz CT molecular complexity index is 555. The summed E-state index contributed by atoms with van der Waals surface area (Å²) in [5, 5.41) is 5.20. The van der Waals surface area contributed by atoms with E-state index < -0.39 is 10.0 Å². The molecule has 18 heavy (non-hydrogen) atoms. The average molecular weight is 310 g/mol. The zero-order chi connectivity index (χ0) is 13.9. The largest absolute Gasteiger partial charge is 0.486 e. The molecular formula is C11H13Cl2NO3S. The van der Waals surface area contributed by atoms with E-state index in [1.54, 1.807) is 0 Å². The van der Waals surface area contributed by atoms with Gasteiger partial charge in [-0.1, -0.05) is 28.8 Å². The van der Waals surface area contributed by atoms with Crippen molar-refractivity contribution in [3.05, 3.63) is 33.8 Å². The van der Waals surface area contributed by atoms with Gasteiger partial charge in [-0.25, -0.2) is 13.6 Å². The van der Waals surface area contributed by atoms with E-state index in [0.717, 1.165) is 5.57 Å². The van der Waals surface area contributed by atoms with E-state index in [1.807, 2.05) is 19.9 Å². The number of sulfonamides is 1. The van der Waals surface area contributed by atoms with E-state index in [9.17, 15) is 8.42 Å². The van der Waals surface area contributed by atoms with Crippen LogP contribution < -0.4 is 9.88 Å². The summed E-state index contributed by atoms with van der Waals surface area (Å²) < 4.78 is 27.7. The maximum atomic E-state index is 11.2. The summed E-state index contributed by atoms with van der Waals surface area (Å²) in [4.78, 5) is -0.146. The fraction of sp³-hybridized carbons (Fsp3) is 0.273. The molecule has 0 radical (unpaired) electrons. The van der Waals surface area contributed by atoms with Crippen LogP contribution in [0.2, 0.25) is 10.0 Å². The lowest BCUT2D eigenvalue weighted by molar-refractivity contribution is 0.362. The highest BCUT2D eigenvalue weighted by Gasteiger charge is 2.15. The Labute approximate surface area is 116 Å². The van der Waals surface area contributed by atoms with Gasteiger partial charge in [0.1, 0.15) is 6.61 Å². The SMILES string of the molecule is CC(C)=CCOc1c(Cl)cc(S(N)(=O)=O)cc1Cl. The Morgan fingerprint density at radius 3 is 2.22 bits per heavy atom. The summed E-state index contributed by atoms with van der Waals surface area (Å²) in [7, 11) is -3.83. The normalized spacial score (nSPS) is 11.2. The maximum Gasteiger partial charge on any atom is 0.238 e. The fourth-order valence-electron chi connectivity index (χ4n) is 1.13. The Morgan fingerprint density at radius 2 is 1.83 bits per heavy atom. The average Bonchev–Trinajstić information content (AvgIpc) is 2.20. The van der Waals surface area contributed by atoms with Crippen LogP contribution in [0, 0.1) is 0 Å². The van der Waals surface area contributed by atoms with E-state index in [4.69, 9.17) is 33.1 Å². The molecule has 0 aromatic heterocycles. The maximum absolute atomic E-state index is 11.2. The molecule has 4 nitrogen and oxygen atoms in total. The standard InChI is InChI=1S/C11H13Cl2NO3S/c1-7(2)3-4-17-11-9(12)5-8(6-10(11)13)18(14,15)16/h3,5-6H,4H2,1-2H3,(H2,14,15,16). The fourth-order valence-corrected chi connectivity index (χ4v) is 2.42. The summed E-state index contributed by atoms with van der Waals surface area (Å²) >= 11 is 11.8. The van der Waals surface area contributed by atoms with Crippen molar-refractivity contribution < 1.29 is 13.2 Å². The van der Waals surface area contributed by atoms with Crippen LogP contribution in [0.1, 0.15) is 13.8 Å². The molecule has 0 aliphatic carbocycles. The summed E-state index contributed by atoms with van der Waals surface area (Å²) in [6.07, 6.45) is 1.85. The van der Waals surface area contributed by atoms with Crippen LogP contribution in [0.15, 0.2) is 28.7 Å². The van der Waals surface area contributed by atoms with Gasteiger partial charge >= 0.3 is 0 Å². The second kappa shape index (κ2) is 5.93. The summed E-state index contributed by atoms with van der Waals surface area (Å²) in [5.41, 5.74) is 1.09. The number of allylic oxidation sites excluding steroid dienone is 1. The van der Waals surface area contributed by atoms with Gasteiger partial charge in [0.2, 0.25) is 10.0 Å². The molecule has 0 aliphatic heterocycles. The van der Waals surface area contributed by atoms with Crippen molar-refractivity contribution in [2.24, 2.45) is 5.14 Å². The van der Waals surface area contributed by atoms with Crippen molar-refractivity contribution in [1.29, 1.82) is 0 Å². The number of benzene rings is 1. The molecule has 100 valence electrons. The van der Waals surface area contributed by atoms with Crippen LogP contribution in [0.5, 0.6) is 5.75 Å². The molecule has 1 aromatic carbocycles. The van der Waals surface area contributed by atoms with Gasteiger partial charge in [-0.05, 0) is 32.1 Å². The molecule has 0 aliphatic rings. The minimum Gasteiger partial charge on any atom is -0.486 e. The van der Waals surface area contributed by atoms with Crippen LogP contribution >= 0.6 is 23.2 Å². The number of halogens is 2. The molecule has 0 saturated heterocycles. The quantitative estimate of drug-likeness (QED) is 0.869. The van der Waals surface area contributed by atoms with E-state index in [0.29, 0.717) is 6.61 Å². The zero-order valence-corrected chi connectivity index (χ0v) is 12.2. The second-order valence-electron chi connectivity index (χ2n) is 3.85. The van der Waals surface area contributed by atoms with Crippen LogP contribution in [-0.2, 0) is 10.0 Å². The predicted octanol–water partition coefficient (Wildman–Crippen LogP) is 2.99. The molecule has 2 N–H and O–H groups in total. The van der Waals surface area contributed by atoms with Crippen molar-refractivity contribution in [3.8, 4) is 5.75 Å².